The van der Waals surface area contributed by atoms with Crippen molar-refractivity contribution in [3.8, 4) is 5.75 Å². The number of fused-ring (bicyclic) bond motifs is 1. The average Bonchev–Trinajstić information content (AvgIpc) is 2.71. The number of phenolic OH excluding ortho intramolecular Hbond substituents is 1. The van der Waals surface area contributed by atoms with Crippen molar-refractivity contribution >= 4 is 11.8 Å². The van der Waals surface area contributed by atoms with Crippen LogP contribution in [0.2, 0.25) is 0 Å². The van der Waals surface area contributed by atoms with Gasteiger partial charge in [0, 0.05) is 0 Å². The van der Waals surface area contributed by atoms with Crippen LogP contribution >= 0.6 is 0 Å². The predicted octanol–water partition coefficient (Wildman–Crippen LogP) is 2.12. The SMILES string of the molecule is O=C1c2cccc(O)c2C(=O)N1OCc1ccccc1. The van der Waals surface area contributed by atoms with Gasteiger partial charge in [0.1, 0.15) is 12.4 Å². The zero-order valence-electron chi connectivity index (χ0n) is 10.4. The first-order valence-corrected chi connectivity index (χ1v) is 6.06. The third-order valence-corrected chi connectivity index (χ3v) is 3.06. The van der Waals surface area contributed by atoms with Gasteiger partial charge in [-0.05, 0) is 17.7 Å². The number of benzene rings is 2. The Hall–Kier alpha value is -2.66. The van der Waals surface area contributed by atoms with Crippen LogP contribution in [-0.4, -0.2) is 22.0 Å². The summed E-state index contributed by atoms with van der Waals surface area (Å²) in [6.07, 6.45) is 0. The maximum Gasteiger partial charge on any atom is 0.289 e. The summed E-state index contributed by atoms with van der Waals surface area (Å²) in [6, 6.07) is 13.6. The van der Waals surface area contributed by atoms with E-state index in [1.807, 2.05) is 30.3 Å². The molecule has 1 aliphatic heterocycles. The monoisotopic (exact) mass is 269 g/mol. The lowest BCUT2D eigenvalue weighted by molar-refractivity contribution is -0.101. The van der Waals surface area contributed by atoms with Gasteiger partial charge >= 0.3 is 0 Å². The van der Waals surface area contributed by atoms with Crippen molar-refractivity contribution < 1.29 is 19.5 Å². The number of amides is 2. The molecule has 2 aromatic carbocycles. The van der Waals surface area contributed by atoms with Gasteiger partial charge in [-0.25, -0.2) is 0 Å². The average molecular weight is 269 g/mol. The minimum atomic E-state index is -0.640. The first kappa shape index (κ1) is 12.4. The van der Waals surface area contributed by atoms with E-state index in [9.17, 15) is 14.7 Å². The Morgan fingerprint density at radius 3 is 2.40 bits per heavy atom. The van der Waals surface area contributed by atoms with Crippen LogP contribution in [0.1, 0.15) is 26.3 Å². The van der Waals surface area contributed by atoms with E-state index in [0.717, 1.165) is 5.56 Å². The Morgan fingerprint density at radius 1 is 0.950 bits per heavy atom. The van der Waals surface area contributed by atoms with E-state index < -0.39 is 11.8 Å². The Labute approximate surface area is 115 Å². The molecule has 0 spiro atoms. The number of imide groups is 1. The maximum atomic E-state index is 12.1. The van der Waals surface area contributed by atoms with Crippen LogP contribution < -0.4 is 0 Å². The number of rotatable bonds is 3. The molecule has 100 valence electrons. The molecule has 2 amide bonds. The molecule has 0 bridgehead atoms. The highest BCUT2D eigenvalue weighted by Gasteiger charge is 2.38. The minimum absolute atomic E-state index is 0.00874. The Morgan fingerprint density at radius 2 is 1.70 bits per heavy atom. The molecule has 0 radical (unpaired) electrons. The highest BCUT2D eigenvalue weighted by molar-refractivity contribution is 6.21. The number of carbonyl (C=O) groups excluding carboxylic acids is 2. The van der Waals surface area contributed by atoms with Crippen LogP contribution in [0.5, 0.6) is 5.75 Å². The van der Waals surface area contributed by atoms with Gasteiger partial charge in [0.25, 0.3) is 11.8 Å². The summed E-state index contributed by atoms with van der Waals surface area (Å²) in [5.41, 5.74) is 0.988. The standard InChI is InChI=1S/C15H11NO4/c17-12-8-4-7-11-13(12)15(19)16(14(11)18)20-9-10-5-2-1-3-6-10/h1-8,17H,9H2. The summed E-state index contributed by atoms with van der Waals surface area (Å²) in [4.78, 5) is 29.4. The molecule has 0 saturated heterocycles. The van der Waals surface area contributed by atoms with E-state index >= 15 is 0 Å². The van der Waals surface area contributed by atoms with Gasteiger partial charge in [-0.3, -0.25) is 14.4 Å². The van der Waals surface area contributed by atoms with Crippen molar-refractivity contribution in [3.63, 3.8) is 0 Å². The normalized spacial score (nSPS) is 13.7. The Balaban J connectivity index is 1.82. The van der Waals surface area contributed by atoms with E-state index in [0.29, 0.717) is 5.06 Å². The van der Waals surface area contributed by atoms with E-state index in [-0.39, 0.29) is 23.5 Å². The molecule has 0 aromatic heterocycles. The highest BCUT2D eigenvalue weighted by Crippen LogP contribution is 2.30. The zero-order valence-corrected chi connectivity index (χ0v) is 10.4. The molecular weight excluding hydrogens is 258 g/mol. The zero-order chi connectivity index (χ0) is 14.1. The smallest absolute Gasteiger partial charge is 0.289 e. The third kappa shape index (κ3) is 1.94. The fourth-order valence-corrected chi connectivity index (χ4v) is 2.08. The quantitative estimate of drug-likeness (QED) is 0.867. The van der Waals surface area contributed by atoms with E-state index in [1.54, 1.807) is 0 Å². The van der Waals surface area contributed by atoms with Crippen LogP contribution in [0.25, 0.3) is 0 Å². The molecule has 5 heteroatoms. The number of carbonyl (C=O) groups is 2. The molecule has 0 fully saturated rings. The van der Waals surface area contributed by atoms with Crippen LogP contribution in [0.4, 0.5) is 0 Å². The van der Waals surface area contributed by atoms with Crippen molar-refractivity contribution in [2.24, 2.45) is 0 Å². The number of hydrogen-bond acceptors (Lipinski definition) is 4. The Bertz CT molecular complexity index is 682. The fourth-order valence-electron chi connectivity index (χ4n) is 2.08. The number of nitrogens with zero attached hydrogens (tertiary/aromatic N) is 1. The summed E-state index contributed by atoms with van der Waals surface area (Å²) < 4.78 is 0. The molecule has 1 N–H and O–H groups in total. The van der Waals surface area contributed by atoms with Crippen molar-refractivity contribution in [1.29, 1.82) is 0 Å². The van der Waals surface area contributed by atoms with Crippen molar-refractivity contribution in [2.75, 3.05) is 0 Å². The lowest BCUT2D eigenvalue weighted by Gasteiger charge is -2.13. The van der Waals surface area contributed by atoms with Crippen molar-refractivity contribution in [1.82, 2.24) is 5.06 Å². The summed E-state index contributed by atoms with van der Waals surface area (Å²) in [6.45, 7) is 0.104. The van der Waals surface area contributed by atoms with Gasteiger partial charge in [-0.2, -0.15) is 0 Å². The first-order chi connectivity index (χ1) is 9.68. The van der Waals surface area contributed by atoms with E-state index in [2.05, 4.69) is 0 Å². The van der Waals surface area contributed by atoms with E-state index in [1.165, 1.54) is 18.2 Å². The highest BCUT2D eigenvalue weighted by atomic mass is 16.7. The molecular formula is C15H11NO4. The second kappa shape index (κ2) is 4.79. The molecule has 0 atom stereocenters. The molecule has 0 aliphatic carbocycles. The Kier molecular flexibility index (Phi) is 2.96. The van der Waals surface area contributed by atoms with Crippen LogP contribution in [-0.2, 0) is 11.4 Å². The number of hydrogen-bond donors (Lipinski definition) is 1. The molecule has 5 nitrogen and oxygen atoms in total. The molecule has 2 aromatic rings. The fraction of sp³-hybridized carbons (Fsp3) is 0.0667. The van der Waals surface area contributed by atoms with Crippen molar-refractivity contribution in [3.05, 3.63) is 65.2 Å². The lowest BCUT2D eigenvalue weighted by atomic mass is 10.1. The first-order valence-electron chi connectivity index (χ1n) is 6.06. The molecule has 0 unspecified atom stereocenters. The van der Waals surface area contributed by atoms with Crippen LogP contribution in [0, 0.1) is 0 Å². The second-order valence-corrected chi connectivity index (χ2v) is 4.36. The summed E-state index contributed by atoms with van der Waals surface area (Å²) in [5.74, 6) is -1.41. The predicted molar refractivity (Wildman–Crippen MR) is 69.8 cm³/mol. The van der Waals surface area contributed by atoms with Crippen LogP contribution in [0.3, 0.4) is 0 Å². The number of aromatic hydroxyl groups is 1. The summed E-state index contributed by atoms with van der Waals surface area (Å²) in [7, 11) is 0. The molecule has 1 heterocycles. The largest absolute Gasteiger partial charge is 0.507 e. The van der Waals surface area contributed by atoms with Gasteiger partial charge < -0.3 is 5.11 Å². The van der Waals surface area contributed by atoms with E-state index in [4.69, 9.17) is 4.84 Å². The number of phenols is 1. The van der Waals surface area contributed by atoms with Gasteiger partial charge in [-0.15, -0.1) is 5.06 Å². The van der Waals surface area contributed by atoms with Gasteiger partial charge in [-0.1, -0.05) is 36.4 Å². The topological polar surface area (TPSA) is 66.8 Å². The molecule has 0 saturated carbocycles. The summed E-state index contributed by atoms with van der Waals surface area (Å²) >= 11 is 0. The number of hydroxylamine groups is 2. The minimum Gasteiger partial charge on any atom is -0.507 e. The third-order valence-electron chi connectivity index (χ3n) is 3.06. The van der Waals surface area contributed by atoms with Crippen LogP contribution in [0.15, 0.2) is 48.5 Å². The summed E-state index contributed by atoms with van der Waals surface area (Å²) in [5, 5.41) is 10.4. The molecule has 3 rings (SSSR count). The second-order valence-electron chi connectivity index (χ2n) is 4.36. The maximum absolute atomic E-state index is 12.1. The molecule has 1 aliphatic rings. The van der Waals surface area contributed by atoms with Gasteiger partial charge in [0.2, 0.25) is 0 Å². The van der Waals surface area contributed by atoms with Gasteiger partial charge in [0.05, 0.1) is 11.1 Å². The lowest BCUT2D eigenvalue weighted by Crippen LogP contribution is -2.29. The molecule has 20 heavy (non-hydrogen) atoms. The van der Waals surface area contributed by atoms with Crippen molar-refractivity contribution in [2.45, 2.75) is 6.61 Å². The van der Waals surface area contributed by atoms with Gasteiger partial charge in [0.15, 0.2) is 0 Å².